The lowest BCUT2D eigenvalue weighted by atomic mass is 10.0. The number of benzene rings is 1. The van der Waals surface area contributed by atoms with Crippen molar-refractivity contribution in [1.29, 1.82) is 0 Å². The van der Waals surface area contributed by atoms with Crippen LogP contribution in [-0.4, -0.2) is 54.2 Å². The maximum absolute atomic E-state index is 12.4. The largest absolute Gasteiger partial charge is 0.479 e. The Kier molecular flexibility index (Phi) is 6.91. The van der Waals surface area contributed by atoms with Gasteiger partial charge in [-0.05, 0) is 24.9 Å². The fraction of sp³-hybridized carbons (Fsp3) is 0.471. The Labute approximate surface area is 145 Å². The summed E-state index contributed by atoms with van der Waals surface area (Å²) in [6.45, 7) is 1.02. The van der Waals surface area contributed by atoms with Crippen LogP contribution in [0.2, 0.25) is 0 Å². The Morgan fingerprint density at radius 2 is 1.88 bits per heavy atom. The molecule has 1 heterocycles. The number of carboxylic acid groups (broad SMARTS) is 1. The third-order valence-electron chi connectivity index (χ3n) is 3.84. The van der Waals surface area contributed by atoms with Gasteiger partial charge in [-0.1, -0.05) is 30.3 Å². The molecule has 1 saturated heterocycles. The number of carbonyl (C=O) groups is 3. The van der Waals surface area contributed by atoms with E-state index in [-0.39, 0.29) is 5.91 Å². The quantitative estimate of drug-likeness (QED) is 0.330. The minimum absolute atomic E-state index is 0.305. The summed E-state index contributed by atoms with van der Waals surface area (Å²) in [6.07, 6.45) is -0.321. The van der Waals surface area contributed by atoms with Gasteiger partial charge >= 0.3 is 5.97 Å². The third-order valence-corrected chi connectivity index (χ3v) is 3.84. The van der Waals surface area contributed by atoms with Crippen LogP contribution in [0.3, 0.4) is 0 Å². The number of unbranched alkanes of at least 4 members (excludes halogenated alkanes) is 1. The number of hydrogen-bond acceptors (Lipinski definition) is 5. The Balaban J connectivity index is 1.95. The molecular formula is C17H23N3O5. The number of carbonyl (C=O) groups excluding carboxylic acids is 2. The first-order valence-electron chi connectivity index (χ1n) is 8.23. The summed E-state index contributed by atoms with van der Waals surface area (Å²) < 4.78 is 4.83. The molecule has 0 saturated carbocycles. The second-order valence-electron chi connectivity index (χ2n) is 5.85. The molecule has 136 valence electrons. The first-order valence-corrected chi connectivity index (χ1v) is 8.23. The average Bonchev–Trinajstić information content (AvgIpc) is 3.40. The molecule has 1 aliphatic rings. The molecule has 5 N–H and O–H groups in total. The van der Waals surface area contributed by atoms with Crippen molar-refractivity contribution in [3.05, 3.63) is 35.9 Å². The second-order valence-corrected chi connectivity index (χ2v) is 5.85. The summed E-state index contributed by atoms with van der Waals surface area (Å²) in [5.74, 6) is -2.10. The van der Waals surface area contributed by atoms with Gasteiger partial charge in [-0.15, -0.1) is 0 Å². The van der Waals surface area contributed by atoms with Gasteiger partial charge in [-0.3, -0.25) is 9.59 Å². The smallest absolute Gasteiger partial charge is 0.336 e. The molecule has 2 amide bonds. The van der Waals surface area contributed by atoms with Gasteiger partial charge in [0.05, 0.1) is 0 Å². The van der Waals surface area contributed by atoms with Crippen LogP contribution in [0.4, 0.5) is 0 Å². The van der Waals surface area contributed by atoms with E-state index in [2.05, 4.69) is 10.6 Å². The molecule has 0 aliphatic carbocycles. The van der Waals surface area contributed by atoms with Crippen molar-refractivity contribution in [2.45, 2.75) is 37.5 Å². The zero-order valence-corrected chi connectivity index (χ0v) is 13.8. The number of rotatable bonds is 10. The van der Waals surface area contributed by atoms with Crippen LogP contribution in [0.25, 0.3) is 0 Å². The van der Waals surface area contributed by atoms with Gasteiger partial charge in [0.2, 0.25) is 5.91 Å². The first kappa shape index (κ1) is 18.9. The van der Waals surface area contributed by atoms with Crippen molar-refractivity contribution in [2.75, 3.05) is 13.1 Å². The molecule has 1 aromatic carbocycles. The monoisotopic (exact) mass is 349 g/mol. The predicted molar refractivity (Wildman–Crippen MR) is 89.7 cm³/mol. The number of nitrogens with one attached hydrogen (secondary N) is 2. The van der Waals surface area contributed by atoms with E-state index in [1.165, 1.54) is 0 Å². The Hall–Kier alpha value is -2.45. The Bertz CT molecular complexity index is 608. The zero-order chi connectivity index (χ0) is 18.2. The number of hydrogen-bond donors (Lipinski definition) is 4. The minimum Gasteiger partial charge on any atom is -0.479 e. The fourth-order valence-corrected chi connectivity index (χ4v) is 2.42. The highest BCUT2D eigenvalue weighted by Gasteiger charge is 2.51. The lowest BCUT2D eigenvalue weighted by Crippen LogP contribution is -2.49. The maximum atomic E-state index is 12.4. The Morgan fingerprint density at radius 3 is 2.48 bits per heavy atom. The molecule has 1 aromatic rings. The molecule has 3 atom stereocenters. The molecule has 1 fully saturated rings. The standard InChI is InChI=1S/C17H23N3O5/c18-8-4-5-9-19-15(21)12(10-11-6-2-1-3-7-11)20-16(22)13-14(25-13)17(23)24/h1-3,6-7,12-14H,4-5,8-10,18H2,(H,19,21)(H,20,22)(H,23,24). The molecule has 8 heteroatoms. The van der Waals surface area contributed by atoms with Crippen LogP contribution in [-0.2, 0) is 25.5 Å². The van der Waals surface area contributed by atoms with Crippen molar-refractivity contribution in [1.82, 2.24) is 10.6 Å². The van der Waals surface area contributed by atoms with E-state index in [4.69, 9.17) is 15.6 Å². The van der Waals surface area contributed by atoms with Gasteiger partial charge in [0.25, 0.3) is 5.91 Å². The summed E-state index contributed by atoms with van der Waals surface area (Å²) in [5.41, 5.74) is 6.30. The second kappa shape index (κ2) is 9.14. The van der Waals surface area contributed by atoms with Gasteiger partial charge in [0.1, 0.15) is 6.04 Å². The molecule has 0 spiro atoms. The predicted octanol–water partition coefficient (Wildman–Crippen LogP) is -0.579. The zero-order valence-electron chi connectivity index (χ0n) is 13.8. The van der Waals surface area contributed by atoms with Crippen LogP contribution in [0.15, 0.2) is 30.3 Å². The van der Waals surface area contributed by atoms with E-state index < -0.39 is 30.1 Å². The van der Waals surface area contributed by atoms with Crippen molar-refractivity contribution < 1.29 is 24.2 Å². The molecule has 0 radical (unpaired) electrons. The maximum Gasteiger partial charge on any atom is 0.336 e. The normalized spacial score (nSPS) is 19.7. The van der Waals surface area contributed by atoms with E-state index in [9.17, 15) is 14.4 Å². The van der Waals surface area contributed by atoms with Crippen LogP contribution >= 0.6 is 0 Å². The van der Waals surface area contributed by atoms with Crippen molar-refractivity contribution in [3.8, 4) is 0 Å². The van der Waals surface area contributed by atoms with Gasteiger partial charge in [-0.2, -0.15) is 0 Å². The summed E-state index contributed by atoms with van der Waals surface area (Å²) in [5, 5.41) is 14.2. The third kappa shape index (κ3) is 5.84. The average molecular weight is 349 g/mol. The highest BCUT2D eigenvalue weighted by atomic mass is 16.6. The number of carboxylic acids is 1. The number of amides is 2. The summed E-state index contributed by atoms with van der Waals surface area (Å²) in [7, 11) is 0. The van der Waals surface area contributed by atoms with E-state index in [1.807, 2.05) is 30.3 Å². The fourth-order valence-electron chi connectivity index (χ4n) is 2.42. The first-order chi connectivity index (χ1) is 12.0. The summed E-state index contributed by atoms with van der Waals surface area (Å²) in [6, 6.07) is 8.46. The van der Waals surface area contributed by atoms with Crippen LogP contribution in [0.5, 0.6) is 0 Å². The van der Waals surface area contributed by atoms with E-state index >= 15 is 0 Å². The van der Waals surface area contributed by atoms with Crippen molar-refractivity contribution in [3.63, 3.8) is 0 Å². The van der Waals surface area contributed by atoms with E-state index in [1.54, 1.807) is 0 Å². The molecule has 0 aromatic heterocycles. The van der Waals surface area contributed by atoms with E-state index in [0.717, 1.165) is 18.4 Å². The van der Waals surface area contributed by atoms with Crippen LogP contribution < -0.4 is 16.4 Å². The Morgan fingerprint density at radius 1 is 1.16 bits per heavy atom. The van der Waals surface area contributed by atoms with Gasteiger partial charge in [0, 0.05) is 13.0 Å². The summed E-state index contributed by atoms with van der Waals surface area (Å²) in [4.78, 5) is 35.3. The lowest BCUT2D eigenvalue weighted by Gasteiger charge is -2.18. The van der Waals surface area contributed by atoms with Gasteiger partial charge in [0.15, 0.2) is 12.2 Å². The number of nitrogens with two attached hydrogens (primary N) is 1. The molecule has 25 heavy (non-hydrogen) atoms. The number of aliphatic carboxylic acids is 1. The van der Waals surface area contributed by atoms with Gasteiger partial charge < -0.3 is 26.2 Å². The number of epoxide rings is 1. The summed E-state index contributed by atoms with van der Waals surface area (Å²) >= 11 is 0. The minimum atomic E-state index is -1.19. The van der Waals surface area contributed by atoms with Crippen molar-refractivity contribution >= 4 is 17.8 Å². The molecule has 0 bridgehead atoms. The highest BCUT2D eigenvalue weighted by Crippen LogP contribution is 2.22. The number of ether oxygens (including phenoxy) is 1. The molecule has 1 aliphatic heterocycles. The lowest BCUT2D eigenvalue weighted by molar-refractivity contribution is -0.138. The molecule has 8 nitrogen and oxygen atoms in total. The SMILES string of the molecule is NCCCCNC(=O)C(Cc1ccccc1)NC(=O)C1OC1C(=O)O. The van der Waals surface area contributed by atoms with Gasteiger partial charge in [-0.25, -0.2) is 4.79 Å². The van der Waals surface area contributed by atoms with Crippen LogP contribution in [0, 0.1) is 0 Å². The topological polar surface area (TPSA) is 134 Å². The van der Waals surface area contributed by atoms with Crippen LogP contribution in [0.1, 0.15) is 18.4 Å². The highest BCUT2D eigenvalue weighted by molar-refractivity contribution is 5.95. The van der Waals surface area contributed by atoms with E-state index in [0.29, 0.717) is 19.5 Å². The van der Waals surface area contributed by atoms with Crippen molar-refractivity contribution in [2.24, 2.45) is 5.73 Å². The molecule has 3 unspecified atom stereocenters. The molecular weight excluding hydrogens is 326 g/mol. The molecule has 2 rings (SSSR count).